The van der Waals surface area contributed by atoms with E-state index in [9.17, 15) is 39.4 Å². The van der Waals surface area contributed by atoms with Gasteiger partial charge in [-0.25, -0.2) is 10.9 Å². The number of nitrogens with zero attached hydrogens (tertiary/aromatic N) is 4. The van der Waals surface area contributed by atoms with Gasteiger partial charge in [-0.3, -0.25) is 39.4 Å². The monoisotopic (exact) mass is 674 g/mol. The Bertz CT molecular complexity index is 1900. The van der Waals surface area contributed by atoms with Gasteiger partial charge < -0.3 is 10.6 Å². The molecule has 250 valence electrons. The average molecular weight is 675 g/mol. The second-order valence-electron chi connectivity index (χ2n) is 9.90. The highest BCUT2D eigenvalue weighted by Gasteiger charge is 2.17. The summed E-state index contributed by atoms with van der Waals surface area (Å²) in [5, 5.41) is 34.7. The molecule has 0 atom stereocenters. The van der Waals surface area contributed by atoms with Gasteiger partial charge in [0.25, 0.3) is 35.0 Å². The normalized spacial score (nSPS) is 11.5. The highest BCUT2D eigenvalue weighted by Crippen LogP contribution is 2.17. The molecule has 0 aliphatic heterocycles. The molecule has 0 unspecified atom stereocenters. The van der Waals surface area contributed by atoms with E-state index >= 15 is 0 Å². The van der Waals surface area contributed by atoms with Crippen molar-refractivity contribution >= 4 is 59.6 Å². The van der Waals surface area contributed by atoms with Gasteiger partial charge in [0.2, 0.25) is 0 Å². The summed E-state index contributed by atoms with van der Waals surface area (Å²) in [6.45, 7) is 0. The fourth-order valence-electron chi connectivity index (χ4n) is 4.05. The van der Waals surface area contributed by atoms with Crippen molar-refractivity contribution in [1.82, 2.24) is 21.5 Å². The van der Waals surface area contributed by atoms with Crippen LogP contribution < -0.4 is 21.5 Å². The SMILES string of the molecule is O=C(N/N=C\C=N/NC(=O)/C(=C/c1cccc([N+](=O)[O-])c1)NC(=O)c1ccccc1)/C(=C/c1cccc([N+](=O)[O-])c1)NC(=O)c1ccccc1. The predicted octanol–water partition coefficient (Wildman–Crippen LogP) is 3.95. The van der Waals surface area contributed by atoms with Gasteiger partial charge in [0, 0.05) is 35.4 Å². The van der Waals surface area contributed by atoms with E-state index < -0.39 is 33.5 Å². The molecule has 0 heterocycles. The van der Waals surface area contributed by atoms with Gasteiger partial charge in [-0.05, 0) is 47.5 Å². The Morgan fingerprint density at radius 1 is 0.540 bits per heavy atom. The summed E-state index contributed by atoms with van der Waals surface area (Å²) >= 11 is 0. The number of rotatable bonds is 13. The van der Waals surface area contributed by atoms with Crippen LogP contribution in [0.2, 0.25) is 0 Å². The summed E-state index contributed by atoms with van der Waals surface area (Å²) in [5.74, 6) is -3.03. The number of nitro groups is 2. The number of carbonyl (C=O) groups excluding carboxylic acids is 4. The zero-order valence-electron chi connectivity index (χ0n) is 25.8. The van der Waals surface area contributed by atoms with E-state index in [1.165, 1.54) is 84.9 Å². The van der Waals surface area contributed by atoms with Crippen LogP contribution in [0, 0.1) is 20.2 Å². The first-order chi connectivity index (χ1) is 24.1. The third-order valence-electron chi connectivity index (χ3n) is 6.39. The molecule has 16 nitrogen and oxygen atoms in total. The van der Waals surface area contributed by atoms with E-state index in [2.05, 4.69) is 31.7 Å². The molecule has 0 fully saturated rings. The molecule has 0 saturated heterocycles. The number of benzene rings is 4. The van der Waals surface area contributed by atoms with E-state index in [0.717, 1.165) is 12.4 Å². The van der Waals surface area contributed by atoms with Crippen molar-refractivity contribution in [3.05, 3.63) is 163 Å². The Morgan fingerprint density at radius 3 is 1.28 bits per heavy atom. The first kappa shape index (κ1) is 35.2. The van der Waals surface area contributed by atoms with E-state index in [4.69, 9.17) is 0 Å². The van der Waals surface area contributed by atoms with Gasteiger partial charge in [-0.1, -0.05) is 60.7 Å². The first-order valence-electron chi connectivity index (χ1n) is 14.4. The minimum atomic E-state index is -0.889. The predicted molar refractivity (Wildman–Crippen MR) is 183 cm³/mol. The molecule has 16 heteroatoms. The molecule has 0 saturated carbocycles. The Labute approximate surface area is 283 Å². The Kier molecular flexibility index (Phi) is 12.2. The topological polar surface area (TPSA) is 227 Å². The summed E-state index contributed by atoms with van der Waals surface area (Å²) in [7, 11) is 0. The summed E-state index contributed by atoms with van der Waals surface area (Å²) in [4.78, 5) is 72.7. The van der Waals surface area contributed by atoms with Crippen LogP contribution in [-0.2, 0) is 9.59 Å². The van der Waals surface area contributed by atoms with Crippen LogP contribution in [0.3, 0.4) is 0 Å². The molecule has 0 aliphatic rings. The van der Waals surface area contributed by atoms with Crippen molar-refractivity contribution < 1.29 is 29.0 Å². The van der Waals surface area contributed by atoms with Crippen LogP contribution in [0.5, 0.6) is 0 Å². The number of non-ortho nitro benzene ring substituents is 2. The standard InChI is InChI=1S/C34H26N8O8/c43-31(25-11-3-1-4-12-25)37-29(21-23-9-7-15-27(19-23)41(47)48)33(45)39-35-17-18-36-40-34(46)30(38-32(44)26-13-5-2-6-14-26)22-24-10-8-16-28(20-24)42(49)50/h1-22H,(H,37,43)(H,38,44)(H,39,45)(H,40,46)/b29-21-,30-22-,35-17-,36-18-. The number of carbonyl (C=O) groups is 4. The maximum Gasteiger partial charge on any atom is 0.287 e. The van der Waals surface area contributed by atoms with Gasteiger partial charge in [0.1, 0.15) is 11.4 Å². The Hall–Kier alpha value is -7.62. The first-order valence-corrected chi connectivity index (χ1v) is 14.4. The minimum absolute atomic E-state index is 0.230. The molecular formula is C34H26N8O8. The highest BCUT2D eigenvalue weighted by molar-refractivity contribution is 6.17. The summed E-state index contributed by atoms with van der Waals surface area (Å²) < 4.78 is 0. The van der Waals surface area contributed by atoms with Crippen molar-refractivity contribution in [1.29, 1.82) is 0 Å². The van der Waals surface area contributed by atoms with Crippen molar-refractivity contribution in [2.45, 2.75) is 0 Å². The lowest BCUT2D eigenvalue weighted by molar-refractivity contribution is -0.385. The molecule has 4 amide bonds. The fourth-order valence-corrected chi connectivity index (χ4v) is 4.05. The third-order valence-corrected chi connectivity index (χ3v) is 6.39. The summed E-state index contributed by atoms with van der Waals surface area (Å²) in [5.41, 5.74) is 4.33. The fraction of sp³-hybridized carbons (Fsp3) is 0. The molecule has 4 aromatic rings. The van der Waals surface area contributed by atoms with Crippen molar-refractivity contribution in [2.75, 3.05) is 0 Å². The van der Waals surface area contributed by atoms with Gasteiger partial charge in [0.05, 0.1) is 22.3 Å². The summed E-state index contributed by atoms with van der Waals surface area (Å²) in [6.07, 6.45) is 4.45. The van der Waals surface area contributed by atoms with E-state index in [0.29, 0.717) is 0 Å². The number of nitro benzene ring substituents is 2. The average Bonchev–Trinajstić information content (AvgIpc) is 3.13. The highest BCUT2D eigenvalue weighted by atomic mass is 16.6. The van der Waals surface area contributed by atoms with E-state index in [1.807, 2.05) is 0 Å². The molecule has 50 heavy (non-hydrogen) atoms. The largest absolute Gasteiger partial charge is 0.317 e. The molecule has 0 aliphatic carbocycles. The number of hydrazone groups is 2. The molecular weight excluding hydrogens is 648 g/mol. The zero-order chi connectivity index (χ0) is 35.9. The van der Waals surface area contributed by atoms with E-state index in [-0.39, 0.29) is 45.0 Å². The number of hydrogen-bond donors (Lipinski definition) is 4. The maximum atomic E-state index is 13.0. The van der Waals surface area contributed by atoms with Crippen LogP contribution in [0.15, 0.2) is 131 Å². The second-order valence-corrected chi connectivity index (χ2v) is 9.90. The molecule has 0 aromatic heterocycles. The lowest BCUT2D eigenvalue weighted by Crippen LogP contribution is -2.33. The maximum absolute atomic E-state index is 13.0. The molecule has 4 N–H and O–H groups in total. The summed E-state index contributed by atoms with van der Waals surface area (Å²) in [6, 6.07) is 26.8. The van der Waals surface area contributed by atoms with Crippen molar-refractivity contribution in [2.24, 2.45) is 10.2 Å². The molecule has 4 aromatic carbocycles. The van der Waals surface area contributed by atoms with Crippen LogP contribution >= 0.6 is 0 Å². The molecule has 0 radical (unpaired) electrons. The molecule has 0 spiro atoms. The molecule has 4 rings (SSSR count). The van der Waals surface area contributed by atoms with E-state index in [1.54, 1.807) is 36.4 Å². The lowest BCUT2D eigenvalue weighted by Gasteiger charge is -2.09. The van der Waals surface area contributed by atoms with Crippen LogP contribution in [0.25, 0.3) is 12.2 Å². The lowest BCUT2D eigenvalue weighted by atomic mass is 10.1. The Morgan fingerprint density at radius 2 is 0.920 bits per heavy atom. The van der Waals surface area contributed by atoms with Crippen molar-refractivity contribution in [3.63, 3.8) is 0 Å². The van der Waals surface area contributed by atoms with Gasteiger partial charge in [-0.15, -0.1) is 0 Å². The van der Waals surface area contributed by atoms with Gasteiger partial charge in [0.15, 0.2) is 0 Å². The number of nitrogens with one attached hydrogen (secondary N) is 4. The zero-order valence-corrected chi connectivity index (χ0v) is 25.8. The van der Waals surface area contributed by atoms with Gasteiger partial charge in [-0.2, -0.15) is 10.2 Å². The van der Waals surface area contributed by atoms with Crippen LogP contribution in [0.1, 0.15) is 31.8 Å². The van der Waals surface area contributed by atoms with Gasteiger partial charge >= 0.3 is 0 Å². The van der Waals surface area contributed by atoms with Crippen molar-refractivity contribution in [3.8, 4) is 0 Å². The number of hydrogen-bond acceptors (Lipinski definition) is 10. The number of amides is 4. The molecule has 0 bridgehead atoms. The van der Waals surface area contributed by atoms with Crippen LogP contribution in [0.4, 0.5) is 11.4 Å². The quantitative estimate of drug-likeness (QED) is 0.0701. The Balaban J connectivity index is 1.46. The minimum Gasteiger partial charge on any atom is -0.317 e. The second kappa shape index (κ2) is 17.3. The third kappa shape index (κ3) is 10.5. The van der Waals surface area contributed by atoms with Crippen LogP contribution in [-0.4, -0.2) is 45.9 Å². The smallest absolute Gasteiger partial charge is 0.287 e.